The third-order valence-electron chi connectivity index (χ3n) is 6.81. The van der Waals surface area contributed by atoms with Crippen molar-refractivity contribution in [2.45, 2.75) is 86.2 Å². The van der Waals surface area contributed by atoms with Gasteiger partial charge in [0.15, 0.2) is 0 Å². The molecular formula is C22H36BrN3O4S. The molecule has 0 aromatic heterocycles. The van der Waals surface area contributed by atoms with Crippen molar-refractivity contribution in [1.82, 2.24) is 15.5 Å². The number of fused-ring (bicyclic) bond motifs is 1. The fourth-order valence-electron chi connectivity index (χ4n) is 5.56. The van der Waals surface area contributed by atoms with Crippen molar-refractivity contribution in [3.05, 3.63) is 0 Å². The first kappa shape index (κ1) is 24.8. The van der Waals surface area contributed by atoms with E-state index in [9.17, 15) is 19.5 Å². The SMILES string of the molecule is CCCNC(=O)[C@H]1[C@@H]2SC3(CC2Br)C(C(=O)NC(C)CCC)N(CCCCO)C(=O)[C@H]13. The van der Waals surface area contributed by atoms with E-state index in [1.54, 1.807) is 16.7 Å². The Kier molecular flexibility index (Phi) is 8.35. The van der Waals surface area contributed by atoms with Gasteiger partial charge < -0.3 is 20.6 Å². The normalized spacial score (nSPS) is 34.7. The number of hydrogen-bond donors (Lipinski definition) is 3. The van der Waals surface area contributed by atoms with Gasteiger partial charge in [0.1, 0.15) is 6.04 Å². The Bertz CT molecular complexity index is 696. The summed E-state index contributed by atoms with van der Waals surface area (Å²) in [6.45, 7) is 7.17. The van der Waals surface area contributed by atoms with E-state index in [-0.39, 0.29) is 40.4 Å². The van der Waals surface area contributed by atoms with Gasteiger partial charge in [-0.3, -0.25) is 14.4 Å². The number of nitrogens with one attached hydrogen (secondary N) is 2. The topological polar surface area (TPSA) is 98.7 Å². The number of hydrogen-bond acceptors (Lipinski definition) is 5. The predicted octanol–water partition coefficient (Wildman–Crippen LogP) is 2.05. The number of carbonyl (C=O) groups is 3. The summed E-state index contributed by atoms with van der Waals surface area (Å²) in [5.74, 6) is -1.15. The molecule has 176 valence electrons. The Morgan fingerprint density at radius 2 is 2.03 bits per heavy atom. The molecule has 3 saturated heterocycles. The lowest BCUT2D eigenvalue weighted by Crippen LogP contribution is -2.56. The molecule has 9 heteroatoms. The van der Waals surface area contributed by atoms with Crippen molar-refractivity contribution >= 4 is 45.4 Å². The number of aliphatic hydroxyl groups is 1. The Morgan fingerprint density at radius 3 is 2.68 bits per heavy atom. The molecule has 3 rings (SSSR count). The van der Waals surface area contributed by atoms with Crippen molar-refractivity contribution in [3.63, 3.8) is 0 Å². The Morgan fingerprint density at radius 1 is 1.29 bits per heavy atom. The average molecular weight is 519 g/mol. The van der Waals surface area contributed by atoms with E-state index in [1.165, 1.54) is 0 Å². The third kappa shape index (κ3) is 4.51. The van der Waals surface area contributed by atoms with E-state index in [1.807, 2.05) is 13.8 Å². The van der Waals surface area contributed by atoms with E-state index in [0.29, 0.717) is 32.4 Å². The number of alkyl halides is 1. The number of thioether (sulfide) groups is 1. The highest BCUT2D eigenvalue weighted by molar-refractivity contribution is 9.09. The molecule has 1 spiro atoms. The largest absolute Gasteiger partial charge is 0.396 e. The lowest BCUT2D eigenvalue weighted by molar-refractivity contribution is -0.140. The Labute approximate surface area is 198 Å². The first-order valence-corrected chi connectivity index (χ1v) is 13.4. The molecule has 7 atom stereocenters. The van der Waals surface area contributed by atoms with Gasteiger partial charge in [-0.2, -0.15) is 0 Å². The second-order valence-corrected chi connectivity index (χ2v) is 11.8. The number of aliphatic hydroxyl groups excluding tert-OH is 1. The van der Waals surface area contributed by atoms with Gasteiger partial charge in [0.05, 0.1) is 16.6 Å². The van der Waals surface area contributed by atoms with Crippen LogP contribution in [0.3, 0.4) is 0 Å². The second kappa shape index (κ2) is 10.4. The van der Waals surface area contributed by atoms with Gasteiger partial charge >= 0.3 is 0 Å². The summed E-state index contributed by atoms with van der Waals surface area (Å²) < 4.78 is -0.584. The van der Waals surface area contributed by atoms with Crippen LogP contribution in [0.15, 0.2) is 0 Å². The number of amides is 3. The van der Waals surface area contributed by atoms with Crippen LogP contribution in [-0.2, 0) is 14.4 Å². The highest BCUT2D eigenvalue weighted by Crippen LogP contribution is 2.67. The van der Waals surface area contributed by atoms with Crippen LogP contribution in [0.2, 0.25) is 0 Å². The quantitative estimate of drug-likeness (QED) is 0.287. The van der Waals surface area contributed by atoms with Gasteiger partial charge in [-0.15, -0.1) is 11.8 Å². The van der Waals surface area contributed by atoms with E-state index in [4.69, 9.17) is 0 Å². The number of halogens is 1. The summed E-state index contributed by atoms with van der Waals surface area (Å²) in [4.78, 5) is 42.1. The van der Waals surface area contributed by atoms with Crippen LogP contribution in [0.5, 0.6) is 0 Å². The van der Waals surface area contributed by atoms with Crippen molar-refractivity contribution in [2.75, 3.05) is 19.7 Å². The molecule has 3 aliphatic heterocycles. The molecule has 3 fully saturated rings. The number of carbonyl (C=O) groups excluding carboxylic acids is 3. The molecule has 4 unspecified atom stereocenters. The molecule has 0 saturated carbocycles. The zero-order chi connectivity index (χ0) is 22.8. The molecule has 0 aromatic rings. The first-order valence-electron chi connectivity index (χ1n) is 11.6. The Hall–Kier alpha value is -0.800. The van der Waals surface area contributed by atoms with Crippen molar-refractivity contribution < 1.29 is 19.5 Å². The molecule has 2 bridgehead atoms. The molecule has 0 aromatic carbocycles. The van der Waals surface area contributed by atoms with Gasteiger partial charge in [0.25, 0.3) is 0 Å². The number of nitrogens with zero attached hydrogens (tertiary/aromatic N) is 1. The highest BCUT2D eigenvalue weighted by Gasteiger charge is 2.75. The minimum Gasteiger partial charge on any atom is -0.396 e. The van der Waals surface area contributed by atoms with E-state index in [0.717, 1.165) is 19.3 Å². The molecule has 0 aliphatic carbocycles. The number of likely N-dealkylation sites (tertiary alicyclic amines) is 1. The summed E-state index contributed by atoms with van der Waals surface area (Å²) >= 11 is 5.43. The third-order valence-corrected chi connectivity index (χ3v) is 10.0. The van der Waals surface area contributed by atoms with Gasteiger partial charge in [-0.25, -0.2) is 0 Å². The molecule has 3 amide bonds. The highest BCUT2D eigenvalue weighted by atomic mass is 79.9. The summed E-state index contributed by atoms with van der Waals surface area (Å²) in [5, 5.41) is 15.3. The van der Waals surface area contributed by atoms with Crippen LogP contribution in [-0.4, -0.2) is 74.3 Å². The maximum Gasteiger partial charge on any atom is 0.244 e. The summed E-state index contributed by atoms with van der Waals surface area (Å²) in [6, 6.07) is -0.545. The summed E-state index contributed by atoms with van der Waals surface area (Å²) in [7, 11) is 0. The second-order valence-electron chi connectivity index (χ2n) is 9.12. The molecule has 31 heavy (non-hydrogen) atoms. The van der Waals surface area contributed by atoms with Crippen LogP contribution >= 0.6 is 27.7 Å². The van der Waals surface area contributed by atoms with E-state index in [2.05, 4.69) is 33.5 Å². The molecule has 7 nitrogen and oxygen atoms in total. The van der Waals surface area contributed by atoms with Gasteiger partial charge in [-0.1, -0.05) is 36.2 Å². The molecule has 3 heterocycles. The smallest absolute Gasteiger partial charge is 0.244 e. The fourth-order valence-corrected chi connectivity index (χ4v) is 9.17. The van der Waals surface area contributed by atoms with Gasteiger partial charge in [0.2, 0.25) is 17.7 Å². The summed E-state index contributed by atoms with van der Waals surface area (Å²) in [6.07, 6.45) is 4.61. The minimum atomic E-state index is -0.584. The minimum absolute atomic E-state index is 0.00577. The van der Waals surface area contributed by atoms with Gasteiger partial charge in [0, 0.05) is 35.8 Å². The predicted molar refractivity (Wildman–Crippen MR) is 126 cm³/mol. The zero-order valence-corrected chi connectivity index (χ0v) is 21.1. The van der Waals surface area contributed by atoms with Crippen LogP contribution in [0.4, 0.5) is 0 Å². The first-order chi connectivity index (χ1) is 14.8. The zero-order valence-electron chi connectivity index (χ0n) is 18.7. The monoisotopic (exact) mass is 517 g/mol. The van der Waals surface area contributed by atoms with E-state index < -0.39 is 22.6 Å². The lowest BCUT2D eigenvalue weighted by atomic mass is 9.70. The maximum absolute atomic E-state index is 13.7. The standard InChI is InChI=1S/C22H36BrN3O4S/c1-4-8-13(3)25-20(29)18-22-12-14(23)17(31-22)15(19(28)24-9-5-2)16(22)21(30)26(18)10-6-7-11-27/h13-18,27H,4-12H2,1-3H3,(H,24,28)(H,25,29)/t13?,14?,15-,16+,17-,18?,22?/m1/s1. The van der Waals surface area contributed by atoms with Gasteiger partial charge in [-0.05, 0) is 39.0 Å². The van der Waals surface area contributed by atoms with E-state index >= 15 is 0 Å². The van der Waals surface area contributed by atoms with Crippen molar-refractivity contribution in [1.29, 1.82) is 0 Å². The fraction of sp³-hybridized carbons (Fsp3) is 0.864. The maximum atomic E-state index is 13.7. The average Bonchev–Trinajstić information content (AvgIpc) is 3.30. The molecule has 3 N–H and O–H groups in total. The van der Waals surface area contributed by atoms with Crippen LogP contribution < -0.4 is 10.6 Å². The van der Waals surface area contributed by atoms with Crippen LogP contribution in [0.25, 0.3) is 0 Å². The summed E-state index contributed by atoms with van der Waals surface area (Å²) in [5.41, 5.74) is 0. The molecule has 0 radical (unpaired) electrons. The van der Waals surface area contributed by atoms with Crippen LogP contribution in [0.1, 0.15) is 59.3 Å². The van der Waals surface area contributed by atoms with Crippen molar-refractivity contribution in [3.8, 4) is 0 Å². The number of rotatable bonds is 11. The Balaban J connectivity index is 1.93. The van der Waals surface area contributed by atoms with Crippen molar-refractivity contribution in [2.24, 2.45) is 11.8 Å². The lowest BCUT2D eigenvalue weighted by Gasteiger charge is -2.36. The number of unbranched alkanes of at least 4 members (excludes halogenated alkanes) is 1. The molecular weight excluding hydrogens is 482 g/mol. The van der Waals surface area contributed by atoms with Crippen LogP contribution in [0, 0.1) is 11.8 Å². The molecule has 3 aliphatic rings.